The highest BCUT2D eigenvalue weighted by Crippen LogP contribution is 2.17. The second-order valence-electron chi connectivity index (χ2n) is 6.97. The lowest BCUT2D eigenvalue weighted by atomic mass is 10.1. The fourth-order valence-corrected chi connectivity index (χ4v) is 1.38. The number of hydrogen-bond acceptors (Lipinski definition) is 4. The van der Waals surface area contributed by atoms with E-state index < -0.39 is 12.6 Å². The van der Waals surface area contributed by atoms with Crippen molar-refractivity contribution >= 4 is 11.9 Å². The van der Waals surface area contributed by atoms with Crippen molar-refractivity contribution in [2.45, 2.75) is 47.1 Å². The van der Waals surface area contributed by atoms with Crippen LogP contribution in [0.5, 0.6) is 11.5 Å². The Labute approximate surface area is 144 Å². The minimum absolute atomic E-state index is 0.0768. The average molecular weight is 339 g/mol. The van der Waals surface area contributed by atoms with E-state index in [1.807, 2.05) is 20.8 Å². The van der Waals surface area contributed by atoms with Gasteiger partial charge in [0, 0.05) is 5.54 Å². The zero-order valence-corrected chi connectivity index (χ0v) is 15.4. The quantitative estimate of drug-likeness (QED) is 0.832. The average Bonchev–Trinajstić information content (AvgIpc) is 2.41. The zero-order chi connectivity index (χ0) is 18.8. The molecule has 0 aliphatic carbocycles. The molecule has 6 nitrogen and oxygen atoms in total. The minimum Gasteiger partial charge on any atom is -0.484 e. The maximum Gasteiger partial charge on any atom is 0.341 e. The van der Waals surface area contributed by atoms with E-state index in [-0.39, 0.29) is 18.1 Å². The molecule has 1 aromatic rings. The van der Waals surface area contributed by atoms with Gasteiger partial charge in [-0.05, 0) is 51.0 Å². The van der Waals surface area contributed by atoms with Crippen molar-refractivity contribution in [2.75, 3.05) is 13.2 Å². The SMILES string of the molecule is CC(C)(C)NC(=O)COc1ccc(OCC(=O)O)cc1.CC(C)C. The third kappa shape index (κ3) is 13.4. The molecule has 24 heavy (non-hydrogen) atoms. The van der Waals surface area contributed by atoms with Crippen LogP contribution in [0, 0.1) is 5.92 Å². The first-order valence-corrected chi connectivity index (χ1v) is 7.88. The number of ether oxygens (including phenoxy) is 2. The molecule has 0 saturated heterocycles. The topological polar surface area (TPSA) is 84.9 Å². The Hall–Kier alpha value is -2.24. The van der Waals surface area contributed by atoms with Gasteiger partial charge in [0.2, 0.25) is 0 Å². The first-order chi connectivity index (χ1) is 11.0. The maximum absolute atomic E-state index is 11.6. The van der Waals surface area contributed by atoms with Gasteiger partial charge >= 0.3 is 5.97 Å². The molecule has 1 amide bonds. The van der Waals surface area contributed by atoms with Gasteiger partial charge in [-0.2, -0.15) is 0 Å². The van der Waals surface area contributed by atoms with Crippen LogP contribution in [0.4, 0.5) is 0 Å². The molecule has 0 spiro atoms. The highest BCUT2D eigenvalue weighted by Gasteiger charge is 2.13. The number of hydrogen-bond donors (Lipinski definition) is 2. The van der Waals surface area contributed by atoms with Gasteiger partial charge < -0.3 is 19.9 Å². The molecule has 136 valence electrons. The number of rotatable bonds is 6. The number of carbonyl (C=O) groups excluding carboxylic acids is 1. The molecule has 0 aliphatic heterocycles. The summed E-state index contributed by atoms with van der Waals surface area (Å²) in [5.74, 6) is 0.531. The molecular formula is C18H29NO5. The van der Waals surface area contributed by atoms with Gasteiger partial charge in [-0.25, -0.2) is 4.79 Å². The molecule has 2 N–H and O–H groups in total. The summed E-state index contributed by atoms with van der Waals surface area (Å²) >= 11 is 0. The predicted molar refractivity (Wildman–Crippen MR) is 93.5 cm³/mol. The lowest BCUT2D eigenvalue weighted by Crippen LogP contribution is -2.43. The van der Waals surface area contributed by atoms with Crippen LogP contribution in [0.1, 0.15) is 41.5 Å². The Morgan fingerprint density at radius 3 is 1.71 bits per heavy atom. The van der Waals surface area contributed by atoms with E-state index in [2.05, 4.69) is 26.1 Å². The lowest BCUT2D eigenvalue weighted by Gasteiger charge is -2.20. The summed E-state index contributed by atoms with van der Waals surface area (Å²) < 4.78 is 10.3. The van der Waals surface area contributed by atoms with Crippen LogP contribution in [0.25, 0.3) is 0 Å². The molecule has 0 saturated carbocycles. The minimum atomic E-state index is -1.04. The lowest BCUT2D eigenvalue weighted by molar-refractivity contribution is -0.139. The standard InChI is InChI=1S/C14H19NO5.C4H10/c1-14(2,3)15-12(16)8-19-10-4-6-11(7-5-10)20-9-13(17)18;1-4(2)3/h4-7H,8-9H2,1-3H3,(H,15,16)(H,17,18);4H,1-3H3. The third-order valence-electron chi connectivity index (χ3n) is 2.07. The van der Waals surface area contributed by atoms with Crippen LogP contribution in [-0.2, 0) is 9.59 Å². The first-order valence-electron chi connectivity index (χ1n) is 7.88. The van der Waals surface area contributed by atoms with Gasteiger partial charge in [0.05, 0.1) is 0 Å². The smallest absolute Gasteiger partial charge is 0.341 e. The second-order valence-corrected chi connectivity index (χ2v) is 6.97. The summed E-state index contributed by atoms with van der Waals surface area (Å²) in [7, 11) is 0. The zero-order valence-electron chi connectivity index (χ0n) is 15.4. The number of amides is 1. The number of aliphatic carboxylic acids is 1. The van der Waals surface area contributed by atoms with E-state index in [9.17, 15) is 9.59 Å². The normalized spacial score (nSPS) is 10.5. The van der Waals surface area contributed by atoms with Crippen molar-refractivity contribution in [1.29, 1.82) is 0 Å². The molecule has 0 bridgehead atoms. The van der Waals surface area contributed by atoms with Crippen molar-refractivity contribution in [3.05, 3.63) is 24.3 Å². The van der Waals surface area contributed by atoms with Crippen molar-refractivity contribution in [2.24, 2.45) is 5.92 Å². The van der Waals surface area contributed by atoms with Gasteiger partial charge in [-0.3, -0.25) is 4.79 Å². The fourth-order valence-electron chi connectivity index (χ4n) is 1.38. The van der Waals surface area contributed by atoms with E-state index in [0.29, 0.717) is 11.5 Å². The molecule has 1 rings (SSSR count). The van der Waals surface area contributed by atoms with Gasteiger partial charge in [-0.15, -0.1) is 0 Å². The van der Waals surface area contributed by atoms with Crippen molar-refractivity contribution < 1.29 is 24.2 Å². The summed E-state index contributed by atoms with van der Waals surface area (Å²) in [5.41, 5.74) is -0.297. The van der Waals surface area contributed by atoms with Crippen LogP contribution in [0.2, 0.25) is 0 Å². The molecule has 0 heterocycles. The summed E-state index contributed by atoms with van der Waals surface area (Å²) in [4.78, 5) is 21.9. The van der Waals surface area contributed by atoms with Gasteiger partial charge in [0.1, 0.15) is 11.5 Å². The molecule has 6 heteroatoms. The van der Waals surface area contributed by atoms with Crippen LogP contribution >= 0.6 is 0 Å². The summed E-state index contributed by atoms with van der Waals surface area (Å²) in [5, 5.41) is 11.3. The van der Waals surface area contributed by atoms with Gasteiger partial charge in [-0.1, -0.05) is 20.8 Å². The maximum atomic E-state index is 11.6. The summed E-state index contributed by atoms with van der Waals surface area (Å²) in [6, 6.07) is 6.39. The molecule has 0 fully saturated rings. The van der Waals surface area contributed by atoms with Crippen LogP contribution in [0.3, 0.4) is 0 Å². The highest BCUT2D eigenvalue weighted by molar-refractivity contribution is 5.78. The Balaban J connectivity index is 0.00000118. The molecule has 0 aliphatic rings. The fraction of sp³-hybridized carbons (Fsp3) is 0.556. The Morgan fingerprint density at radius 1 is 1.00 bits per heavy atom. The third-order valence-corrected chi connectivity index (χ3v) is 2.07. The summed E-state index contributed by atoms with van der Waals surface area (Å²) in [6.07, 6.45) is 0. The largest absolute Gasteiger partial charge is 0.484 e. The van der Waals surface area contributed by atoms with Gasteiger partial charge in [0.25, 0.3) is 5.91 Å². The number of nitrogens with one attached hydrogen (secondary N) is 1. The number of carboxylic acids is 1. The number of benzene rings is 1. The summed E-state index contributed by atoms with van der Waals surface area (Å²) in [6.45, 7) is 11.7. The molecule has 0 unspecified atom stereocenters. The molecular weight excluding hydrogens is 310 g/mol. The van der Waals surface area contributed by atoms with Crippen molar-refractivity contribution in [3.63, 3.8) is 0 Å². The van der Waals surface area contributed by atoms with Crippen molar-refractivity contribution in [1.82, 2.24) is 5.32 Å². The number of carboxylic acid groups (broad SMARTS) is 1. The highest BCUT2D eigenvalue weighted by atomic mass is 16.5. The molecule has 0 aromatic heterocycles. The molecule has 1 aromatic carbocycles. The Kier molecular flexibility index (Phi) is 9.54. The van der Waals surface area contributed by atoms with E-state index in [1.165, 1.54) is 0 Å². The Morgan fingerprint density at radius 2 is 1.38 bits per heavy atom. The van der Waals surface area contributed by atoms with Crippen LogP contribution in [0.15, 0.2) is 24.3 Å². The molecule has 0 atom stereocenters. The second kappa shape index (κ2) is 10.5. The van der Waals surface area contributed by atoms with E-state index in [1.54, 1.807) is 24.3 Å². The Bertz CT molecular complexity index is 500. The number of carbonyl (C=O) groups is 2. The molecule has 0 radical (unpaired) electrons. The predicted octanol–water partition coefficient (Wildman–Crippen LogP) is 3.11. The van der Waals surface area contributed by atoms with Crippen molar-refractivity contribution in [3.8, 4) is 11.5 Å². The van der Waals surface area contributed by atoms with Crippen LogP contribution in [-0.4, -0.2) is 35.7 Å². The van der Waals surface area contributed by atoms with E-state index in [0.717, 1.165) is 5.92 Å². The van der Waals surface area contributed by atoms with Gasteiger partial charge in [0.15, 0.2) is 13.2 Å². The van der Waals surface area contributed by atoms with Crippen LogP contribution < -0.4 is 14.8 Å². The first kappa shape index (κ1) is 21.8. The van der Waals surface area contributed by atoms with E-state index in [4.69, 9.17) is 14.6 Å². The monoisotopic (exact) mass is 339 g/mol. The van der Waals surface area contributed by atoms with E-state index >= 15 is 0 Å².